The van der Waals surface area contributed by atoms with E-state index in [4.69, 9.17) is 23.0 Å². The lowest BCUT2D eigenvalue weighted by Gasteiger charge is -2.19. The van der Waals surface area contributed by atoms with Gasteiger partial charge >= 0.3 is 0 Å². The van der Waals surface area contributed by atoms with E-state index >= 15 is 0 Å². The molecule has 0 bridgehead atoms. The number of phenols is 1. The molecule has 0 unspecified atom stereocenters. The Bertz CT molecular complexity index is 2400. The van der Waals surface area contributed by atoms with Gasteiger partial charge in [-0.15, -0.1) is 0 Å². The van der Waals surface area contributed by atoms with E-state index in [1.807, 2.05) is 144 Å². The van der Waals surface area contributed by atoms with Crippen LogP contribution in [-0.4, -0.2) is 99.8 Å². The van der Waals surface area contributed by atoms with Gasteiger partial charge in [0.15, 0.2) is 11.6 Å². The molecule has 0 atom stereocenters. The summed E-state index contributed by atoms with van der Waals surface area (Å²) in [6.07, 6.45) is 5.56. The van der Waals surface area contributed by atoms with Crippen LogP contribution in [0.3, 0.4) is 0 Å². The first-order chi connectivity index (χ1) is 34.9. The van der Waals surface area contributed by atoms with E-state index in [9.17, 15) is 14.7 Å². The van der Waals surface area contributed by atoms with Gasteiger partial charge in [-0.05, 0) is 120 Å². The normalized spacial score (nSPS) is 10.5. The smallest absolute Gasteiger partial charge is 0.197 e. The van der Waals surface area contributed by atoms with Gasteiger partial charge in [0.25, 0.3) is 0 Å². The number of furan rings is 2. The lowest BCUT2D eigenvalue weighted by atomic mass is 9.95. The minimum atomic E-state index is -0.0442. The number of carbonyl (C=O) groups is 2. The van der Waals surface area contributed by atoms with Crippen LogP contribution in [0.25, 0.3) is 21.9 Å². The molecular weight excluding hydrogens is 901 g/mol. The molecule has 4 aromatic carbocycles. The lowest BCUT2D eigenvalue weighted by Crippen LogP contribution is -2.28. The van der Waals surface area contributed by atoms with Crippen LogP contribution in [-0.2, 0) is 22.3 Å². The maximum absolute atomic E-state index is 13.7. The molecule has 0 fully saturated rings. The maximum atomic E-state index is 13.7. The number of rotatable bonds is 24. The Kier molecular flexibility index (Phi) is 32.9. The molecule has 0 aliphatic rings. The van der Waals surface area contributed by atoms with Crippen molar-refractivity contribution in [2.75, 3.05) is 73.3 Å². The van der Waals surface area contributed by atoms with E-state index in [2.05, 4.69) is 44.7 Å². The Morgan fingerprint density at radius 1 is 0.528 bits per heavy atom. The molecule has 0 aliphatic heterocycles. The van der Waals surface area contributed by atoms with Crippen molar-refractivity contribution in [3.05, 3.63) is 129 Å². The fraction of sp³-hybridized carbons (Fsp3) is 0.516. The molecule has 0 aliphatic carbocycles. The van der Waals surface area contributed by atoms with Crippen molar-refractivity contribution in [1.29, 1.82) is 0 Å². The third kappa shape index (κ3) is 19.6. The highest BCUT2D eigenvalue weighted by atomic mass is 16.5. The third-order valence-electron chi connectivity index (χ3n) is 11.6. The number of aryl methyl sites for hydroxylation is 6. The molecule has 10 heteroatoms. The van der Waals surface area contributed by atoms with Gasteiger partial charge in [0.2, 0.25) is 0 Å². The number of aromatic hydroxyl groups is 1. The first kappa shape index (κ1) is 64.8. The van der Waals surface area contributed by atoms with Gasteiger partial charge in [-0.2, -0.15) is 0 Å². The van der Waals surface area contributed by atoms with E-state index in [-0.39, 0.29) is 17.3 Å². The second-order valence-electron chi connectivity index (χ2n) is 16.8. The molecule has 6 rings (SSSR count). The SMILES string of the molecule is CC.CC.CC.CC.CCCCc1oc2ccccc2c1C(=O)c1cc(C)c(O)c(C)c1.CCCCc1oc2ccccc2c1C(=O)c1cc(C)c(OCCN(C)CCOCCOCCN(C)CC)c(C)c1. The zero-order valence-electron chi connectivity index (χ0n) is 47.7. The highest BCUT2D eigenvalue weighted by Gasteiger charge is 2.24. The summed E-state index contributed by atoms with van der Waals surface area (Å²) < 4.78 is 29.5. The molecule has 10 nitrogen and oxygen atoms in total. The highest BCUT2D eigenvalue weighted by Crippen LogP contribution is 2.33. The zero-order chi connectivity index (χ0) is 54.2. The van der Waals surface area contributed by atoms with Crippen LogP contribution in [0, 0.1) is 27.7 Å². The first-order valence-corrected chi connectivity index (χ1v) is 27.0. The van der Waals surface area contributed by atoms with Crippen LogP contribution in [0.1, 0.15) is 167 Å². The number of ether oxygens (including phenoxy) is 3. The number of para-hydroxylation sites is 2. The summed E-state index contributed by atoms with van der Waals surface area (Å²) >= 11 is 0. The summed E-state index contributed by atoms with van der Waals surface area (Å²) in [4.78, 5) is 31.3. The summed E-state index contributed by atoms with van der Waals surface area (Å²) in [7, 11) is 4.16. The number of likely N-dealkylation sites (N-methyl/N-ethyl adjacent to an activating group) is 2. The second-order valence-corrected chi connectivity index (χ2v) is 16.8. The number of ketones is 2. The Hall–Kier alpha value is -5.26. The summed E-state index contributed by atoms with van der Waals surface area (Å²) in [6.45, 7) is 36.8. The molecule has 0 spiro atoms. The van der Waals surface area contributed by atoms with Crippen LogP contribution >= 0.6 is 0 Å². The molecular formula is C62H94N2O8. The monoisotopic (exact) mass is 995 g/mol. The van der Waals surface area contributed by atoms with Crippen molar-refractivity contribution in [2.24, 2.45) is 0 Å². The van der Waals surface area contributed by atoms with Gasteiger partial charge in [-0.25, -0.2) is 0 Å². The Labute approximate surface area is 435 Å². The molecule has 2 heterocycles. The van der Waals surface area contributed by atoms with Crippen molar-refractivity contribution < 1.29 is 37.7 Å². The summed E-state index contributed by atoms with van der Waals surface area (Å²) in [5.74, 6) is 2.59. The molecule has 72 heavy (non-hydrogen) atoms. The predicted octanol–water partition coefficient (Wildman–Crippen LogP) is 15.4. The maximum Gasteiger partial charge on any atom is 0.197 e. The lowest BCUT2D eigenvalue weighted by molar-refractivity contribution is 0.0346. The van der Waals surface area contributed by atoms with Gasteiger partial charge in [0, 0.05) is 54.4 Å². The second kappa shape index (κ2) is 36.6. The highest BCUT2D eigenvalue weighted by molar-refractivity contribution is 6.18. The molecule has 1 N–H and O–H groups in total. The summed E-state index contributed by atoms with van der Waals surface area (Å²) in [5, 5.41) is 11.7. The summed E-state index contributed by atoms with van der Waals surface area (Å²) in [6, 6.07) is 22.8. The number of nitrogens with zero attached hydrogens (tertiary/aromatic N) is 2. The average molecular weight is 995 g/mol. The van der Waals surface area contributed by atoms with Crippen LogP contribution < -0.4 is 4.74 Å². The number of hydrogen-bond acceptors (Lipinski definition) is 10. The van der Waals surface area contributed by atoms with Crippen LogP contribution in [0.5, 0.6) is 11.5 Å². The number of fused-ring (bicyclic) bond motifs is 2. The van der Waals surface area contributed by atoms with Crippen molar-refractivity contribution in [1.82, 2.24) is 9.80 Å². The van der Waals surface area contributed by atoms with Gasteiger partial charge in [0.1, 0.15) is 40.8 Å². The minimum absolute atomic E-state index is 0.00670. The molecule has 0 saturated carbocycles. The number of benzene rings is 4. The van der Waals surface area contributed by atoms with E-state index in [1.165, 1.54) is 0 Å². The Morgan fingerprint density at radius 2 is 0.903 bits per heavy atom. The van der Waals surface area contributed by atoms with E-state index in [0.29, 0.717) is 59.8 Å². The molecule has 6 aromatic rings. The number of hydrogen-bond donors (Lipinski definition) is 1. The van der Waals surface area contributed by atoms with Crippen LogP contribution in [0.2, 0.25) is 0 Å². The number of unbranched alkanes of at least 4 members (excludes halogenated alkanes) is 2. The van der Waals surface area contributed by atoms with Gasteiger partial charge in [-0.3, -0.25) is 9.59 Å². The van der Waals surface area contributed by atoms with Crippen molar-refractivity contribution >= 4 is 33.5 Å². The summed E-state index contributed by atoms with van der Waals surface area (Å²) in [5.41, 5.74) is 7.46. The average Bonchev–Trinajstić information content (AvgIpc) is 3.98. The van der Waals surface area contributed by atoms with Gasteiger partial charge < -0.3 is 38.0 Å². The molecule has 0 radical (unpaired) electrons. The fourth-order valence-corrected chi connectivity index (χ4v) is 7.74. The Morgan fingerprint density at radius 3 is 1.31 bits per heavy atom. The van der Waals surface area contributed by atoms with Crippen molar-refractivity contribution in [3.63, 3.8) is 0 Å². The quantitative estimate of drug-likeness (QED) is 0.0464. The molecule has 2 aromatic heterocycles. The van der Waals surface area contributed by atoms with Crippen LogP contribution in [0.15, 0.2) is 81.6 Å². The van der Waals surface area contributed by atoms with Crippen molar-refractivity contribution in [3.8, 4) is 11.5 Å². The van der Waals surface area contributed by atoms with E-state index < -0.39 is 0 Å². The van der Waals surface area contributed by atoms with E-state index in [1.54, 1.807) is 12.1 Å². The van der Waals surface area contributed by atoms with E-state index in [0.717, 1.165) is 122 Å². The van der Waals surface area contributed by atoms with Crippen molar-refractivity contribution in [2.45, 2.75) is 142 Å². The number of carbonyl (C=O) groups excluding carboxylic acids is 2. The van der Waals surface area contributed by atoms with Gasteiger partial charge in [0.05, 0.1) is 37.6 Å². The molecule has 0 amide bonds. The fourth-order valence-electron chi connectivity index (χ4n) is 7.74. The topological polar surface area (TPSA) is 115 Å². The first-order valence-electron chi connectivity index (χ1n) is 27.0. The Balaban J connectivity index is 0.000000688. The predicted molar refractivity (Wildman–Crippen MR) is 303 cm³/mol. The zero-order valence-corrected chi connectivity index (χ0v) is 47.7. The number of phenolic OH excluding ortho intramolecular Hbond substituents is 1. The van der Waals surface area contributed by atoms with Gasteiger partial charge in [-0.1, -0.05) is 125 Å². The molecule has 400 valence electrons. The minimum Gasteiger partial charge on any atom is -0.507 e. The molecule has 0 saturated heterocycles. The third-order valence-corrected chi connectivity index (χ3v) is 11.6. The van der Waals surface area contributed by atoms with Crippen LogP contribution in [0.4, 0.5) is 0 Å². The largest absolute Gasteiger partial charge is 0.507 e. The standard InChI is InChI=1S/C33H48N2O5.C21H22O3.4C2H6/c1-7-9-13-30-31(28-12-10-11-14-29(28)40-30)32(36)27-23-25(3)33(26(4)24-27)39-20-17-35(6)16-19-38-22-21-37-18-15-34(5)8-2;1-4-5-9-18-19(16-8-6-7-10-17(16)24-18)21(23)15-11-13(2)20(22)14(3)12-15;4*1-2/h10-12,14,23-24H,7-9,13,15-22H2,1-6H3;6-8,10-12,22H,4-5,9H2,1-3H3;4*1-2H3.